The maximum Gasteiger partial charge on any atom is 1.00 e. The van der Waals surface area contributed by atoms with E-state index >= 15 is 0 Å². The Morgan fingerprint density at radius 1 is 1.25 bits per heavy atom. The van der Waals surface area contributed by atoms with Gasteiger partial charge in [0.2, 0.25) is 0 Å². The zero-order chi connectivity index (χ0) is 7.61. The van der Waals surface area contributed by atoms with Crippen LogP contribution in [-0.4, -0.2) is 4.98 Å². The van der Waals surface area contributed by atoms with E-state index in [1.165, 1.54) is 18.3 Å². The fourth-order valence-corrected chi connectivity index (χ4v) is 0.992. The van der Waals surface area contributed by atoms with Crippen LogP contribution in [0.15, 0.2) is 24.4 Å². The van der Waals surface area contributed by atoms with Crippen molar-refractivity contribution in [3.05, 3.63) is 24.4 Å². The first-order chi connectivity index (χ1) is 4.61. The fraction of sp³-hybridized carbons (Fsp3) is 0. The Bertz CT molecular complexity index is 263. The molecule has 4 nitrogen and oxygen atoms in total. The molecule has 0 atom stereocenters. The van der Waals surface area contributed by atoms with Crippen LogP contribution >= 0.6 is 7.60 Å². The third-order valence-corrected chi connectivity index (χ3v) is 1.76. The summed E-state index contributed by atoms with van der Waals surface area (Å²) < 4.78 is 10.2. The van der Waals surface area contributed by atoms with E-state index in [0.717, 1.165) is 0 Å². The molecule has 1 aromatic rings. The summed E-state index contributed by atoms with van der Waals surface area (Å²) in [5, 5.41) is 0. The molecular formula is C5H4NNa2O3P. The Kier molecular flexibility index (Phi) is 8.81. The zero-order valence-electron chi connectivity index (χ0n) is 6.93. The largest absolute Gasteiger partial charge is 1.00 e. The minimum Gasteiger partial charge on any atom is -0.806 e. The topological polar surface area (TPSA) is 76.1 Å². The third-order valence-electron chi connectivity index (χ3n) is 0.930. The van der Waals surface area contributed by atoms with Crippen molar-refractivity contribution in [1.82, 2.24) is 4.98 Å². The van der Waals surface area contributed by atoms with Gasteiger partial charge in [0.1, 0.15) is 0 Å². The minimum atomic E-state index is -4.63. The van der Waals surface area contributed by atoms with E-state index in [-0.39, 0.29) is 59.1 Å². The first-order valence-corrected chi connectivity index (χ1v) is 4.08. The molecule has 0 aliphatic rings. The minimum absolute atomic E-state index is 0. The number of hydrogen-bond acceptors (Lipinski definition) is 4. The maximum absolute atomic E-state index is 10.2. The molecule has 0 spiro atoms. The second-order valence-electron chi connectivity index (χ2n) is 1.69. The van der Waals surface area contributed by atoms with Gasteiger partial charge in [-0.25, -0.2) is 0 Å². The summed E-state index contributed by atoms with van der Waals surface area (Å²) in [6.45, 7) is 0. The summed E-state index contributed by atoms with van der Waals surface area (Å²) in [7, 11) is -4.63. The summed E-state index contributed by atoms with van der Waals surface area (Å²) in [5.41, 5.74) is -0.407. The predicted octanol–water partition coefficient (Wildman–Crippen LogP) is -7.37. The molecule has 0 bridgehead atoms. The SMILES string of the molecule is O=P([O-])([O-])c1ccccn1.[Na+].[Na+]. The van der Waals surface area contributed by atoms with E-state index in [2.05, 4.69) is 4.98 Å². The Morgan fingerprint density at radius 3 is 2.08 bits per heavy atom. The van der Waals surface area contributed by atoms with Crippen molar-refractivity contribution in [1.29, 1.82) is 0 Å². The van der Waals surface area contributed by atoms with E-state index in [1.807, 2.05) is 0 Å². The van der Waals surface area contributed by atoms with Gasteiger partial charge in [-0.2, -0.15) is 0 Å². The van der Waals surface area contributed by atoms with E-state index < -0.39 is 13.0 Å². The Balaban J connectivity index is 0. The first-order valence-electron chi connectivity index (χ1n) is 2.54. The van der Waals surface area contributed by atoms with Crippen molar-refractivity contribution >= 4 is 13.0 Å². The van der Waals surface area contributed by atoms with Gasteiger partial charge in [-0.05, 0) is 19.7 Å². The summed E-state index contributed by atoms with van der Waals surface area (Å²) >= 11 is 0. The quantitative estimate of drug-likeness (QED) is 0.335. The molecule has 0 amide bonds. The normalized spacial score (nSPS) is 9.50. The molecule has 0 saturated carbocycles. The van der Waals surface area contributed by atoms with Gasteiger partial charge in [-0.15, -0.1) is 0 Å². The molecule has 1 heterocycles. The summed E-state index contributed by atoms with van der Waals surface area (Å²) in [6.07, 6.45) is 1.26. The summed E-state index contributed by atoms with van der Waals surface area (Å²) in [5.74, 6) is 0. The molecule has 0 aromatic carbocycles. The van der Waals surface area contributed by atoms with E-state index in [4.69, 9.17) is 0 Å². The third kappa shape index (κ3) is 5.12. The average molecular weight is 203 g/mol. The molecule has 1 aromatic heterocycles. The number of rotatable bonds is 1. The number of aromatic nitrogens is 1. The molecular weight excluding hydrogens is 199 g/mol. The molecule has 0 aliphatic carbocycles. The average Bonchev–Trinajstić information content (AvgIpc) is 1.88. The van der Waals surface area contributed by atoms with Crippen LogP contribution in [0.1, 0.15) is 0 Å². The van der Waals surface area contributed by atoms with Crippen LogP contribution in [0.25, 0.3) is 0 Å². The first kappa shape index (κ1) is 15.8. The van der Waals surface area contributed by atoms with Crippen molar-refractivity contribution in [2.75, 3.05) is 0 Å². The fourth-order valence-electron chi connectivity index (χ4n) is 0.516. The van der Waals surface area contributed by atoms with Crippen LogP contribution < -0.4 is 74.3 Å². The monoisotopic (exact) mass is 203 g/mol. The van der Waals surface area contributed by atoms with Crippen molar-refractivity contribution in [2.24, 2.45) is 0 Å². The van der Waals surface area contributed by atoms with Crippen LogP contribution in [0.5, 0.6) is 0 Å². The molecule has 0 radical (unpaired) electrons. The van der Waals surface area contributed by atoms with Gasteiger partial charge in [0.25, 0.3) is 0 Å². The molecule has 0 aliphatic heterocycles. The van der Waals surface area contributed by atoms with E-state index in [1.54, 1.807) is 6.07 Å². The number of nitrogens with zero attached hydrogens (tertiary/aromatic N) is 1. The molecule has 54 valence electrons. The Morgan fingerprint density at radius 2 is 1.83 bits per heavy atom. The van der Waals surface area contributed by atoms with Crippen molar-refractivity contribution in [2.45, 2.75) is 0 Å². The molecule has 0 fully saturated rings. The summed E-state index contributed by atoms with van der Waals surface area (Å²) in [4.78, 5) is 23.8. The molecule has 0 unspecified atom stereocenters. The van der Waals surface area contributed by atoms with Crippen LogP contribution in [0.3, 0.4) is 0 Å². The predicted molar refractivity (Wildman–Crippen MR) is 31.5 cm³/mol. The smallest absolute Gasteiger partial charge is 0.806 e. The molecule has 7 heteroatoms. The van der Waals surface area contributed by atoms with Gasteiger partial charge in [0.05, 0.1) is 5.44 Å². The molecule has 1 rings (SSSR count). The maximum atomic E-state index is 10.2. The van der Waals surface area contributed by atoms with E-state index in [0.29, 0.717) is 0 Å². The van der Waals surface area contributed by atoms with Crippen molar-refractivity contribution < 1.29 is 73.5 Å². The molecule has 12 heavy (non-hydrogen) atoms. The second kappa shape index (κ2) is 6.71. The van der Waals surface area contributed by atoms with Gasteiger partial charge in [-0.3, -0.25) is 4.98 Å². The number of hydrogen-bond donors (Lipinski definition) is 0. The van der Waals surface area contributed by atoms with Crippen molar-refractivity contribution in [3.8, 4) is 0 Å². The van der Waals surface area contributed by atoms with Crippen LogP contribution in [-0.2, 0) is 4.57 Å². The van der Waals surface area contributed by atoms with Crippen LogP contribution in [0, 0.1) is 0 Å². The Labute approximate surface area is 115 Å². The van der Waals surface area contributed by atoms with Gasteiger partial charge >= 0.3 is 59.1 Å². The van der Waals surface area contributed by atoms with E-state index in [9.17, 15) is 14.4 Å². The standard InChI is InChI=1S/C5H6NO3P.2Na/c7-10(8,9)5-3-1-2-4-6-5;;/h1-4H,(H2,7,8,9);;/q;2*+1/p-2. The Hall–Kier alpha value is 1.30. The van der Waals surface area contributed by atoms with Crippen LogP contribution in [0.4, 0.5) is 0 Å². The number of pyridine rings is 1. The molecule has 0 N–H and O–H groups in total. The van der Waals surface area contributed by atoms with Crippen LogP contribution in [0.2, 0.25) is 0 Å². The van der Waals surface area contributed by atoms with Gasteiger partial charge in [0.15, 0.2) is 0 Å². The summed E-state index contributed by atoms with van der Waals surface area (Å²) in [6, 6.07) is 4.16. The van der Waals surface area contributed by atoms with Gasteiger partial charge in [-0.1, -0.05) is 6.07 Å². The van der Waals surface area contributed by atoms with Crippen molar-refractivity contribution in [3.63, 3.8) is 0 Å². The zero-order valence-corrected chi connectivity index (χ0v) is 11.8. The second-order valence-corrected chi connectivity index (χ2v) is 3.14. The molecule has 0 saturated heterocycles. The van der Waals surface area contributed by atoms with Gasteiger partial charge < -0.3 is 14.4 Å². The van der Waals surface area contributed by atoms with Gasteiger partial charge in [0, 0.05) is 6.20 Å².